The molecule has 1 heterocycles. The minimum atomic E-state index is 0.806. The van der Waals surface area contributed by atoms with Gasteiger partial charge in [-0.1, -0.05) is 12.8 Å². The summed E-state index contributed by atoms with van der Waals surface area (Å²) < 4.78 is 0. The zero-order valence-corrected chi connectivity index (χ0v) is 11.2. The summed E-state index contributed by atoms with van der Waals surface area (Å²) >= 11 is 2.13. The highest BCUT2D eigenvalue weighted by molar-refractivity contribution is 7.99. The van der Waals surface area contributed by atoms with Crippen LogP contribution in [-0.2, 0) is 0 Å². The normalized spacial score (nSPS) is 17.6. The first kappa shape index (κ1) is 13.9. The van der Waals surface area contributed by atoms with Crippen LogP contribution < -0.4 is 5.32 Å². The summed E-state index contributed by atoms with van der Waals surface area (Å²) in [5.74, 6) is 3.98. The second-order valence-electron chi connectivity index (χ2n) is 4.30. The number of terminal acetylenes is 1. The Morgan fingerprint density at radius 1 is 1.38 bits per heavy atom. The molecule has 0 spiro atoms. The highest BCUT2D eigenvalue weighted by Gasteiger charge is 2.13. The molecule has 0 aromatic rings. The van der Waals surface area contributed by atoms with E-state index in [4.69, 9.17) is 6.42 Å². The molecule has 2 nitrogen and oxygen atoms in total. The maximum atomic E-state index is 5.37. The molecule has 0 unspecified atom stereocenters. The van der Waals surface area contributed by atoms with E-state index in [1.165, 1.54) is 38.1 Å². The van der Waals surface area contributed by atoms with E-state index in [0.717, 1.165) is 24.9 Å². The lowest BCUT2D eigenvalue weighted by Crippen LogP contribution is -2.31. The van der Waals surface area contributed by atoms with E-state index in [1.54, 1.807) is 0 Å². The lowest BCUT2D eigenvalue weighted by atomic mass is 10.2. The van der Waals surface area contributed by atoms with Crippen LogP contribution >= 0.6 is 11.8 Å². The van der Waals surface area contributed by atoms with Crippen LogP contribution in [0.1, 0.15) is 26.2 Å². The summed E-state index contributed by atoms with van der Waals surface area (Å²) in [5, 5.41) is 4.28. The fourth-order valence-corrected chi connectivity index (χ4v) is 3.29. The molecule has 16 heavy (non-hydrogen) atoms. The minimum absolute atomic E-state index is 0.806. The van der Waals surface area contributed by atoms with Crippen LogP contribution in [0.4, 0.5) is 0 Å². The second kappa shape index (κ2) is 8.92. The van der Waals surface area contributed by atoms with Gasteiger partial charge in [-0.25, -0.2) is 0 Å². The zero-order valence-electron chi connectivity index (χ0n) is 10.4. The van der Waals surface area contributed by atoms with Crippen LogP contribution in [-0.4, -0.2) is 48.6 Å². The molecule has 1 aliphatic heterocycles. The third-order valence-corrected chi connectivity index (χ3v) is 4.26. The molecule has 0 amide bonds. The molecule has 1 fully saturated rings. The summed E-state index contributed by atoms with van der Waals surface area (Å²) in [4.78, 5) is 2.38. The Balaban J connectivity index is 2.09. The molecule has 0 aromatic heterocycles. The first-order chi connectivity index (χ1) is 7.86. The number of nitrogens with zero attached hydrogens (tertiary/aromatic N) is 1. The van der Waals surface area contributed by atoms with Crippen molar-refractivity contribution in [2.75, 3.05) is 38.5 Å². The van der Waals surface area contributed by atoms with Crippen molar-refractivity contribution in [2.45, 2.75) is 31.4 Å². The fraction of sp³-hybridized carbons (Fsp3) is 0.846. The van der Waals surface area contributed by atoms with Crippen molar-refractivity contribution in [3.63, 3.8) is 0 Å². The Bertz CT molecular complexity index is 206. The number of piperidine rings is 1. The van der Waals surface area contributed by atoms with E-state index in [9.17, 15) is 0 Å². The lowest BCUT2D eigenvalue weighted by Gasteiger charge is -2.24. The van der Waals surface area contributed by atoms with Crippen LogP contribution in [0.2, 0.25) is 0 Å². The van der Waals surface area contributed by atoms with Gasteiger partial charge < -0.3 is 5.32 Å². The number of thioether (sulfide) groups is 1. The Kier molecular flexibility index (Phi) is 7.75. The number of rotatable bonds is 7. The maximum absolute atomic E-state index is 5.37. The SMILES string of the molecule is C#CCN(CCC)CCSC1CCNCC1. The summed E-state index contributed by atoms with van der Waals surface area (Å²) in [6, 6.07) is 0. The molecule has 0 saturated carbocycles. The third kappa shape index (κ3) is 5.79. The van der Waals surface area contributed by atoms with Crippen LogP contribution in [0, 0.1) is 12.3 Å². The molecule has 3 heteroatoms. The van der Waals surface area contributed by atoms with Gasteiger partial charge in [-0.3, -0.25) is 4.90 Å². The molecule has 1 aliphatic rings. The molecule has 1 N–H and O–H groups in total. The van der Waals surface area contributed by atoms with Gasteiger partial charge in [-0.05, 0) is 38.9 Å². The quantitative estimate of drug-likeness (QED) is 0.683. The Morgan fingerprint density at radius 2 is 2.12 bits per heavy atom. The molecule has 0 bridgehead atoms. The van der Waals surface area contributed by atoms with Crippen molar-refractivity contribution in [1.82, 2.24) is 10.2 Å². The number of nitrogens with one attached hydrogen (secondary N) is 1. The van der Waals surface area contributed by atoms with Gasteiger partial charge in [0.2, 0.25) is 0 Å². The van der Waals surface area contributed by atoms with Crippen LogP contribution in [0.5, 0.6) is 0 Å². The van der Waals surface area contributed by atoms with Gasteiger partial charge in [-0.15, -0.1) is 6.42 Å². The van der Waals surface area contributed by atoms with Crippen molar-refractivity contribution in [3.05, 3.63) is 0 Å². The third-order valence-electron chi connectivity index (χ3n) is 2.90. The van der Waals surface area contributed by atoms with Gasteiger partial charge >= 0.3 is 0 Å². The van der Waals surface area contributed by atoms with E-state index in [1.807, 2.05) is 0 Å². The summed E-state index contributed by atoms with van der Waals surface area (Å²) in [6.45, 7) is 7.69. The van der Waals surface area contributed by atoms with Gasteiger partial charge in [0.15, 0.2) is 0 Å². The van der Waals surface area contributed by atoms with Gasteiger partial charge in [-0.2, -0.15) is 11.8 Å². The maximum Gasteiger partial charge on any atom is 0.0599 e. The Morgan fingerprint density at radius 3 is 2.75 bits per heavy atom. The lowest BCUT2D eigenvalue weighted by molar-refractivity contribution is 0.327. The molecule has 0 atom stereocenters. The monoisotopic (exact) mass is 240 g/mol. The Labute approximate surface area is 105 Å². The van der Waals surface area contributed by atoms with Crippen molar-refractivity contribution in [2.24, 2.45) is 0 Å². The molecule has 0 radical (unpaired) electrons. The topological polar surface area (TPSA) is 15.3 Å². The van der Waals surface area contributed by atoms with E-state index < -0.39 is 0 Å². The largest absolute Gasteiger partial charge is 0.317 e. The minimum Gasteiger partial charge on any atom is -0.317 e. The summed E-state index contributed by atoms with van der Waals surface area (Å²) in [6.07, 6.45) is 9.22. The number of hydrogen-bond acceptors (Lipinski definition) is 3. The first-order valence-corrected chi connectivity index (χ1v) is 7.39. The molecule has 92 valence electrons. The molecule has 0 aliphatic carbocycles. The average Bonchev–Trinajstić information content (AvgIpc) is 2.31. The Hall–Kier alpha value is -0.170. The summed E-state index contributed by atoms with van der Waals surface area (Å²) in [5.41, 5.74) is 0. The first-order valence-electron chi connectivity index (χ1n) is 6.35. The standard InChI is InChI=1S/C13H24N2S/c1-3-9-15(10-4-2)11-12-16-13-5-7-14-8-6-13/h1,13-14H,4-12H2,2H3. The van der Waals surface area contributed by atoms with Gasteiger partial charge in [0.1, 0.15) is 0 Å². The molecule has 0 aromatic carbocycles. The van der Waals surface area contributed by atoms with E-state index in [-0.39, 0.29) is 0 Å². The molecule has 1 rings (SSSR count). The van der Waals surface area contributed by atoms with E-state index in [2.05, 4.69) is 34.8 Å². The predicted octanol–water partition coefficient (Wildman–Crippen LogP) is 1.82. The van der Waals surface area contributed by atoms with E-state index in [0.29, 0.717) is 0 Å². The smallest absolute Gasteiger partial charge is 0.0599 e. The van der Waals surface area contributed by atoms with Gasteiger partial charge in [0.05, 0.1) is 6.54 Å². The van der Waals surface area contributed by atoms with Crippen LogP contribution in [0.15, 0.2) is 0 Å². The van der Waals surface area contributed by atoms with Crippen molar-refractivity contribution in [3.8, 4) is 12.3 Å². The van der Waals surface area contributed by atoms with Gasteiger partial charge in [0, 0.05) is 17.5 Å². The molecular formula is C13H24N2S. The van der Waals surface area contributed by atoms with Crippen molar-refractivity contribution < 1.29 is 0 Å². The molecule has 1 saturated heterocycles. The fourth-order valence-electron chi connectivity index (χ4n) is 2.03. The molecular weight excluding hydrogens is 216 g/mol. The van der Waals surface area contributed by atoms with Gasteiger partial charge in [0.25, 0.3) is 0 Å². The van der Waals surface area contributed by atoms with E-state index >= 15 is 0 Å². The predicted molar refractivity (Wildman–Crippen MR) is 73.9 cm³/mol. The highest BCUT2D eigenvalue weighted by Crippen LogP contribution is 2.19. The van der Waals surface area contributed by atoms with Crippen molar-refractivity contribution >= 4 is 11.8 Å². The van der Waals surface area contributed by atoms with Crippen molar-refractivity contribution in [1.29, 1.82) is 0 Å². The zero-order chi connectivity index (χ0) is 11.6. The second-order valence-corrected chi connectivity index (χ2v) is 5.71. The van der Waals surface area contributed by atoms with Crippen LogP contribution in [0.3, 0.4) is 0 Å². The van der Waals surface area contributed by atoms with Crippen LogP contribution in [0.25, 0.3) is 0 Å². The average molecular weight is 240 g/mol. The highest BCUT2D eigenvalue weighted by atomic mass is 32.2. The summed E-state index contributed by atoms with van der Waals surface area (Å²) in [7, 11) is 0. The number of hydrogen-bond donors (Lipinski definition) is 1.